The van der Waals surface area contributed by atoms with Crippen LogP contribution in [0, 0.1) is 38.4 Å². The minimum atomic E-state index is -5.06. The van der Waals surface area contributed by atoms with Gasteiger partial charge in [0.05, 0.1) is 29.3 Å². The third kappa shape index (κ3) is 7.61. The monoisotopic (exact) mass is 697 g/mol. The molecular formula is C37H46F7N3O2. The number of pyridine rings is 1. The van der Waals surface area contributed by atoms with E-state index in [0.29, 0.717) is 43.4 Å². The first-order valence-electron chi connectivity index (χ1n) is 16.5. The van der Waals surface area contributed by atoms with Gasteiger partial charge in [-0.1, -0.05) is 32.9 Å². The second kappa shape index (κ2) is 14.6. The highest BCUT2D eigenvalue weighted by molar-refractivity contribution is 5.74. The molecule has 3 aromatic rings. The Morgan fingerprint density at radius 3 is 2.06 bits per heavy atom. The summed E-state index contributed by atoms with van der Waals surface area (Å²) in [5, 5.41) is 3.22. The van der Waals surface area contributed by atoms with Gasteiger partial charge in [-0.05, 0) is 92.1 Å². The number of nitrogens with zero attached hydrogens (tertiary/aromatic N) is 2. The van der Waals surface area contributed by atoms with E-state index in [9.17, 15) is 31.1 Å². The van der Waals surface area contributed by atoms with E-state index in [-0.39, 0.29) is 35.6 Å². The van der Waals surface area contributed by atoms with Crippen molar-refractivity contribution in [3.05, 3.63) is 91.6 Å². The van der Waals surface area contributed by atoms with Gasteiger partial charge in [0.15, 0.2) is 0 Å². The average Bonchev–Trinajstić information content (AvgIpc) is 2.98. The van der Waals surface area contributed by atoms with Gasteiger partial charge in [-0.15, -0.1) is 0 Å². The van der Waals surface area contributed by atoms with E-state index < -0.39 is 52.4 Å². The molecule has 2 atom stereocenters. The molecule has 12 heteroatoms. The largest absolute Gasteiger partial charge is 0.419 e. The number of rotatable bonds is 12. The van der Waals surface area contributed by atoms with Crippen LogP contribution in [0.1, 0.15) is 72.7 Å². The summed E-state index contributed by atoms with van der Waals surface area (Å²) < 4.78 is 109. The molecule has 1 aromatic heterocycles. The Kier molecular flexibility index (Phi) is 11.5. The topological polar surface area (TPSA) is 46.5 Å². The van der Waals surface area contributed by atoms with Gasteiger partial charge in [-0.2, -0.15) is 26.3 Å². The van der Waals surface area contributed by atoms with Crippen molar-refractivity contribution in [1.82, 2.24) is 14.8 Å². The van der Waals surface area contributed by atoms with Gasteiger partial charge in [-0.3, -0.25) is 4.79 Å². The maximum Gasteiger partial charge on any atom is 0.419 e. The number of hydrogen-bond acceptors (Lipinski definition) is 4. The first kappa shape index (κ1) is 38.6. The van der Waals surface area contributed by atoms with E-state index in [1.165, 1.54) is 13.0 Å². The van der Waals surface area contributed by atoms with Crippen LogP contribution in [-0.2, 0) is 29.0 Å². The summed E-state index contributed by atoms with van der Waals surface area (Å²) in [6.07, 6.45) is -8.74. The molecule has 49 heavy (non-hydrogen) atoms. The highest BCUT2D eigenvalue weighted by Crippen LogP contribution is 2.46. The predicted octanol–water partition coefficient (Wildman–Crippen LogP) is 8.46. The maximum absolute atomic E-state index is 16.5. The number of benzene rings is 2. The van der Waals surface area contributed by atoms with E-state index in [1.807, 2.05) is 17.9 Å². The smallest absolute Gasteiger partial charge is 0.384 e. The van der Waals surface area contributed by atoms with Gasteiger partial charge in [0, 0.05) is 50.5 Å². The van der Waals surface area contributed by atoms with Crippen LogP contribution in [0.4, 0.5) is 30.7 Å². The molecule has 0 saturated carbocycles. The predicted molar refractivity (Wildman–Crippen MR) is 177 cm³/mol. The fourth-order valence-corrected chi connectivity index (χ4v) is 7.49. The van der Waals surface area contributed by atoms with Gasteiger partial charge in [-0.25, -0.2) is 4.39 Å². The summed E-state index contributed by atoms with van der Waals surface area (Å²) in [7, 11) is 1.59. The molecule has 0 aliphatic carbocycles. The van der Waals surface area contributed by atoms with Gasteiger partial charge in [0.25, 0.3) is 5.56 Å². The number of alkyl halides is 6. The highest BCUT2D eigenvalue weighted by atomic mass is 19.4. The van der Waals surface area contributed by atoms with Crippen LogP contribution in [0.15, 0.2) is 41.3 Å². The van der Waals surface area contributed by atoms with E-state index in [2.05, 4.69) is 5.32 Å². The lowest BCUT2D eigenvalue weighted by Gasteiger charge is -2.45. The fourth-order valence-electron chi connectivity index (χ4n) is 7.49. The quantitative estimate of drug-likeness (QED) is 0.193. The molecule has 1 aliphatic heterocycles. The molecule has 2 heterocycles. The average molecular weight is 698 g/mol. The second-order valence-electron chi connectivity index (χ2n) is 13.6. The van der Waals surface area contributed by atoms with Crippen LogP contribution < -0.4 is 10.9 Å². The number of aromatic nitrogens is 1. The van der Waals surface area contributed by atoms with Crippen molar-refractivity contribution in [2.45, 2.75) is 78.8 Å². The van der Waals surface area contributed by atoms with E-state index in [4.69, 9.17) is 4.74 Å². The summed E-state index contributed by atoms with van der Waals surface area (Å²) in [6.45, 7) is 14.4. The van der Waals surface area contributed by atoms with Crippen molar-refractivity contribution in [2.24, 2.45) is 11.8 Å². The summed E-state index contributed by atoms with van der Waals surface area (Å²) in [4.78, 5) is 15.6. The van der Waals surface area contributed by atoms with E-state index in [0.717, 1.165) is 28.0 Å². The molecule has 4 rings (SSSR count). The molecule has 0 amide bonds. The maximum atomic E-state index is 16.5. The Morgan fingerprint density at radius 2 is 1.51 bits per heavy atom. The Balaban J connectivity index is 1.96. The molecule has 1 saturated heterocycles. The zero-order valence-corrected chi connectivity index (χ0v) is 29.3. The Bertz CT molecular complexity index is 1710. The van der Waals surface area contributed by atoms with Gasteiger partial charge >= 0.3 is 12.4 Å². The van der Waals surface area contributed by atoms with Crippen molar-refractivity contribution in [3.63, 3.8) is 0 Å². The molecule has 1 fully saturated rings. The molecule has 2 aromatic carbocycles. The number of halogens is 7. The van der Waals surface area contributed by atoms with Crippen LogP contribution >= 0.6 is 0 Å². The van der Waals surface area contributed by atoms with Gasteiger partial charge in [0.2, 0.25) is 0 Å². The lowest BCUT2D eigenvalue weighted by Crippen LogP contribution is -2.54. The summed E-state index contributed by atoms with van der Waals surface area (Å²) >= 11 is 0. The van der Waals surface area contributed by atoms with Crippen LogP contribution in [0.3, 0.4) is 0 Å². The molecule has 1 N–H and O–H groups in total. The Hall–Kier alpha value is -3.22. The molecule has 0 bridgehead atoms. The molecule has 1 aliphatic rings. The third-order valence-electron chi connectivity index (χ3n) is 10.1. The Labute approximate surface area is 283 Å². The second-order valence-corrected chi connectivity index (χ2v) is 13.6. The van der Waals surface area contributed by atoms with E-state index >= 15 is 4.39 Å². The van der Waals surface area contributed by atoms with Crippen molar-refractivity contribution < 1.29 is 35.5 Å². The van der Waals surface area contributed by atoms with Crippen LogP contribution in [0.2, 0.25) is 0 Å². The minimum absolute atomic E-state index is 0.0224. The number of aryl methyl sites for hydroxylation is 2. The number of nitrogens with one attached hydrogen (secondary N) is 1. The SMILES string of the molecule is CCN[C@](c1cc(-c2c(C)ccc(C)c2C)cc(C(F)(F)F)c1F)(C(C)C)[C@H](C)n1cc(CCN2CC(COC)C2)c(C(F)(F)F)cc1=O. The number of likely N-dealkylation sites (tertiary alicyclic amines) is 1. The zero-order valence-electron chi connectivity index (χ0n) is 29.3. The first-order chi connectivity index (χ1) is 22.8. The van der Waals surface area contributed by atoms with Gasteiger partial charge in [0.1, 0.15) is 5.82 Å². The van der Waals surface area contributed by atoms with Crippen LogP contribution in [0.5, 0.6) is 0 Å². The normalized spacial score (nSPS) is 16.6. The molecule has 270 valence electrons. The molecule has 5 nitrogen and oxygen atoms in total. The third-order valence-corrected chi connectivity index (χ3v) is 10.1. The molecule has 0 spiro atoms. The fraction of sp³-hybridized carbons (Fsp3) is 0.541. The van der Waals surface area contributed by atoms with Gasteiger partial charge < -0.3 is 19.5 Å². The molecule has 0 radical (unpaired) electrons. The number of ether oxygens (including phenoxy) is 1. The molecular weight excluding hydrogens is 651 g/mol. The standard InChI is InChI=1S/C37H46F7N3O2/c1-9-45-35(21(2)3,30-14-28(15-31(34(30)38)37(42,43)44)33-23(5)11-10-22(4)24(33)6)25(7)47-19-27(29(16-32(47)48)36(39,40)41)12-13-46-17-26(18-46)20-49-8/h10-11,14-16,19,21,25-26,45H,9,12-13,17-18,20H2,1-8H3/t25-,35+/m0/s1. The summed E-state index contributed by atoms with van der Waals surface area (Å²) in [6, 6.07) is 5.27. The number of likely N-dealkylation sites (N-methyl/N-ethyl adjacent to an activating group) is 1. The summed E-state index contributed by atoms with van der Waals surface area (Å²) in [5.74, 6) is -1.85. The Morgan fingerprint density at radius 1 is 0.918 bits per heavy atom. The molecule has 0 unspecified atom stereocenters. The van der Waals surface area contributed by atoms with Crippen LogP contribution in [-0.4, -0.2) is 49.4 Å². The van der Waals surface area contributed by atoms with E-state index in [1.54, 1.807) is 47.8 Å². The van der Waals surface area contributed by atoms with Crippen molar-refractivity contribution in [3.8, 4) is 11.1 Å². The first-order valence-corrected chi connectivity index (χ1v) is 16.5. The number of hydrogen-bond donors (Lipinski definition) is 1. The van der Waals surface area contributed by atoms with Crippen molar-refractivity contribution in [2.75, 3.05) is 39.9 Å². The van der Waals surface area contributed by atoms with Crippen molar-refractivity contribution >= 4 is 0 Å². The zero-order chi connectivity index (χ0) is 36.6. The number of methoxy groups -OCH3 is 1. The lowest BCUT2D eigenvalue weighted by molar-refractivity contribution is -0.140. The summed E-state index contributed by atoms with van der Waals surface area (Å²) in [5.41, 5.74) is -2.67. The van der Waals surface area contributed by atoms with Crippen LogP contribution in [0.25, 0.3) is 11.1 Å². The highest BCUT2D eigenvalue weighted by Gasteiger charge is 2.47. The lowest BCUT2D eigenvalue weighted by atomic mass is 9.72. The van der Waals surface area contributed by atoms with Crippen molar-refractivity contribution in [1.29, 1.82) is 0 Å². The minimum Gasteiger partial charge on any atom is -0.384 e.